The van der Waals surface area contributed by atoms with E-state index >= 15 is 0 Å². The number of rotatable bonds is 6. The quantitative estimate of drug-likeness (QED) is 0.328. The normalized spacial score (nSPS) is 12.7. The molecular weight excluding hydrogens is 184 g/mol. The van der Waals surface area contributed by atoms with E-state index < -0.39 is 6.29 Å². The summed E-state index contributed by atoms with van der Waals surface area (Å²) in [5, 5.41) is 8.61. The van der Waals surface area contributed by atoms with Crippen LogP contribution in [0.1, 0.15) is 11.9 Å². The first-order valence-corrected chi connectivity index (χ1v) is 4.34. The Morgan fingerprint density at radius 3 is 2.50 bits per heavy atom. The summed E-state index contributed by atoms with van der Waals surface area (Å²) in [6.45, 7) is 0.837. The summed E-state index contributed by atoms with van der Waals surface area (Å²) in [5.41, 5.74) is 0.770. The van der Waals surface area contributed by atoms with E-state index in [0.29, 0.717) is 13.2 Å². The van der Waals surface area contributed by atoms with E-state index in [-0.39, 0.29) is 0 Å². The van der Waals surface area contributed by atoms with Crippen LogP contribution in [0.3, 0.4) is 0 Å². The third-order valence-corrected chi connectivity index (χ3v) is 1.72. The zero-order chi connectivity index (χ0) is 10.2. The fourth-order valence-corrected chi connectivity index (χ4v) is 1.04. The molecule has 0 fully saturated rings. The van der Waals surface area contributed by atoms with Gasteiger partial charge in [0.05, 0.1) is 13.2 Å². The monoisotopic (exact) mass is 198 g/mol. The van der Waals surface area contributed by atoms with Crippen LogP contribution in [0.25, 0.3) is 0 Å². The number of ether oxygens (including phenoxy) is 2. The van der Waals surface area contributed by atoms with Crippen LogP contribution < -0.4 is 0 Å². The van der Waals surface area contributed by atoms with Gasteiger partial charge in [0.25, 0.3) is 0 Å². The third kappa shape index (κ3) is 3.43. The van der Waals surface area contributed by atoms with Crippen molar-refractivity contribution in [2.75, 3.05) is 20.3 Å². The lowest BCUT2D eigenvalue weighted by Gasteiger charge is -2.13. The summed E-state index contributed by atoms with van der Waals surface area (Å²) in [4.78, 5) is 4.21. The maximum atomic E-state index is 8.61. The molecule has 0 aliphatic heterocycles. The highest BCUT2D eigenvalue weighted by molar-refractivity contribution is 5.15. The van der Waals surface area contributed by atoms with Crippen LogP contribution in [-0.4, -0.2) is 25.6 Å². The van der Waals surface area contributed by atoms with Gasteiger partial charge in [0.15, 0.2) is 0 Å². The zero-order valence-electron chi connectivity index (χ0n) is 8.05. The van der Waals surface area contributed by atoms with Gasteiger partial charge in [-0.1, -0.05) is 30.3 Å². The Bertz CT molecular complexity index is 237. The lowest BCUT2D eigenvalue weighted by Crippen LogP contribution is -2.10. The molecule has 1 rings (SSSR count). The standard InChI is InChI=1S/C10H14O4/c1-12-7-8-13-10(14-11)9-5-3-2-4-6-9/h2-6,10-11H,7-8H2,1H3. The van der Waals surface area contributed by atoms with E-state index in [4.69, 9.17) is 14.7 Å². The molecule has 4 heteroatoms. The minimum atomic E-state index is -0.744. The molecule has 0 radical (unpaired) electrons. The summed E-state index contributed by atoms with van der Waals surface area (Å²) >= 11 is 0. The molecule has 14 heavy (non-hydrogen) atoms. The molecule has 0 aromatic heterocycles. The lowest BCUT2D eigenvalue weighted by atomic mass is 10.2. The van der Waals surface area contributed by atoms with Crippen LogP contribution in [0.2, 0.25) is 0 Å². The Hall–Kier alpha value is -0.940. The molecule has 1 N–H and O–H groups in total. The van der Waals surface area contributed by atoms with Gasteiger partial charge < -0.3 is 9.47 Å². The van der Waals surface area contributed by atoms with E-state index in [2.05, 4.69) is 4.89 Å². The van der Waals surface area contributed by atoms with Crippen LogP contribution in [0.5, 0.6) is 0 Å². The molecule has 0 heterocycles. The zero-order valence-corrected chi connectivity index (χ0v) is 8.05. The Balaban J connectivity index is 2.46. The molecule has 1 aromatic carbocycles. The Kier molecular flexibility index (Phi) is 5.17. The minimum absolute atomic E-state index is 0.372. The molecular formula is C10H14O4. The van der Waals surface area contributed by atoms with Gasteiger partial charge in [0.2, 0.25) is 6.29 Å². The van der Waals surface area contributed by atoms with E-state index in [1.807, 2.05) is 30.3 Å². The highest BCUT2D eigenvalue weighted by atomic mass is 17.1. The van der Waals surface area contributed by atoms with Gasteiger partial charge in [0.1, 0.15) is 0 Å². The predicted octanol–water partition coefficient (Wildman–Crippen LogP) is 1.84. The minimum Gasteiger partial charge on any atom is -0.382 e. The van der Waals surface area contributed by atoms with Gasteiger partial charge in [-0.2, -0.15) is 0 Å². The number of benzene rings is 1. The molecule has 1 aromatic rings. The summed E-state index contributed by atoms with van der Waals surface area (Å²) in [5.74, 6) is 0. The van der Waals surface area contributed by atoms with Gasteiger partial charge in [-0.3, -0.25) is 0 Å². The molecule has 0 aliphatic carbocycles. The van der Waals surface area contributed by atoms with Crippen LogP contribution in [0.15, 0.2) is 30.3 Å². The molecule has 0 amide bonds. The van der Waals surface area contributed by atoms with Crippen molar-refractivity contribution >= 4 is 0 Å². The highest BCUT2D eigenvalue weighted by Crippen LogP contribution is 2.16. The van der Waals surface area contributed by atoms with Crippen LogP contribution >= 0.6 is 0 Å². The fraction of sp³-hybridized carbons (Fsp3) is 0.400. The second kappa shape index (κ2) is 6.50. The summed E-state index contributed by atoms with van der Waals surface area (Å²) in [7, 11) is 1.58. The number of hydrogen-bond acceptors (Lipinski definition) is 4. The second-order valence-electron chi connectivity index (χ2n) is 2.71. The third-order valence-electron chi connectivity index (χ3n) is 1.72. The Morgan fingerprint density at radius 1 is 1.21 bits per heavy atom. The molecule has 1 unspecified atom stereocenters. The maximum Gasteiger partial charge on any atom is 0.217 e. The molecule has 78 valence electrons. The molecule has 0 saturated carbocycles. The van der Waals surface area contributed by atoms with Gasteiger partial charge in [-0.05, 0) is 0 Å². The Labute approximate surface area is 83.0 Å². The summed E-state index contributed by atoms with van der Waals surface area (Å²) < 4.78 is 10.0. The van der Waals surface area contributed by atoms with Crippen LogP contribution in [0.4, 0.5) is 0 Å². The molecule has 0 saturated heterocycles. The van der Waals surface area contributed by atoms with E-state index in [0.717, 1.165) is 5.56 Å². The molecule has 1 atom stereocenters. The topological polar surface area (TPSA) is 47.9 Å². The van der Waals surface area contributed by atoms with Crippen molar-refractivity contribution in [1.82, 2.24) is 0 Å². The first-order valence-electron chi connectivity index (χ1n) is 4.34. The van der Waals surface area contributed by atoms with Crippen LogP contribution in [0, 0.1) is 0 Å². The summed E-state index contributed by atoms with van der Waals surface area (Å²) in [6, 6.07) is 9.20. The molecule has 4 nitrogen and oxygen atoms in total. The summed E-state index contributed by atoms with van der Waals surface area (Å²) in [6.07, 6.45) is -0.744. The average Bonchev–Trinajstić information content (AvgIpc) is 2.26. The van der Waals surface area contributed by atoms with Crippen molar-refractivity contribution in [1.29, 1.82) is 0 Å². The molecule has 0 aliphatic rings. The highest BCUT2D eigenvalue weighted by Gasteiger charge is 2.10. The van der Waals surface area contributed by atoms with E-state index in [1.54, 1.807) is 7.11 Å². The van der Waals surface area contributed by atoms with Crippen molar-refractivity contribution in [2.24, 2.45) is 0 Å². The van der Waals surface area contributed by atoms with Crippen LogP contribution in [-0.2, 0) is 14.4 Å². The van der Waals surface area contributed by atoms with Gasteiger partial charge in [0, 0.05) is 12.7 Å². The SMILES string of the molecule is COCCOC(OO)c1ccccc1. The van der Waals surface area contributed by atoms with Gasteiger partial charge >= 0.3 is 0 Å². The van der Waals surface area contributed by atoms with Gasteiger partial charge in [-0.25, -0.2) is 10.1 Å². The van der Waals surface area contributed by atoms with Gasteiger partial charge in [-0.15, -0.1) is 0 Å². The second-order valence-corrected chi connectivity index (χ2v) is 2.71. The maximum absolute atomic E-state index is 8.61. The Morgan fingerprint density at radius 2 is 1.93 bits per heavy atom. The fourth-order valence-electron chi connectivity index (χ4n) is 1.04. The van der Waals surface area contributed by atoms with Crippen molar-refractivity contribution in [3.05, 3.63) is 35.9 Å². The molecule has 0 spiro atoms. The van der Waals surface area contributed by atoms with Crippen molar-refractivity contribution in [3.63, 3.8) is 0 Å². The average molecular weight is 198 g/mol. The smallest absolute Gasteiger partial charge is 0.217 e. The van der Waals surface area contributed by atoms with E-state index in [1.165, 1.54) is 0 Å². The lowest BCUT2D eigenvalue weighted by molar-refractivity contribution is -0.352. The van der Waals surface area contributed by atoms with Crippen molar-refractivity contribution < 1.29 is 19.6 Å². The predicted molar refractivity (Wildman–Crippen MR) is 50.7 cm³/mol. The first-order chi connectivity index (χ1) is 6.88. The largest absolute Gasteiger partial charge is 0.382 e. The number of methoxy groups -OCH3 is 1. The molecule has 0 bridgehead atoms. The van der Waals surface area contributed by atoms with Crippen molar-refractivity contribution in [2.45, 2.75) is 6.29 Å². The number of hydrogen-bond donors (Lipinski definition) is 1. The van der Waals surface area contributed by atoms with Crippen molar-refractivity contribution in [3.8, 4) is 0 Å². The first kappa shape index (κ1) is 11.1. The van der Waals surface area contributed by atoms with E-state index in [9.17, 15) is 0 Å².